The van der Waals surface area contributed by atoms with Gasteiger partial charge >= 0.3 is 0 Å². The van der Waals surface area contributed by atoms with E-state index >= 15 is 0 Å². The van der Waals surface area contributed by atoms with Gasteiger partial charge in [-0.05, 0) is 26.2 Å². The van der Waals surface area contributed by atoms with Crippen LogP contribution in [-0.2, 0) is 0 Å². The van der Waals surface area contributed by atoms with Crippen molar-refractivity contribution in [2.75, 3.05) is 6.54 Å². The third kappa shape index (κ3) is 2.53. The van der Waals surface area contributed by atoms with E-state index in [9.17, 15) is 0 Å². The first kappa shape index (κ1) is 7.80. The lowest BCUT2D eigenvalue weighted by molar-refractivity contribution is 0.703. The van der Waals surface area contributed by atoms with Crippen LogP contribution in [0.5, 0.6) is 0 Å². The van der Waals surface area contributed by atoms with Crippen molar-refractivity contribution in [3.63, 3.8) is 0 Å². The van der Waals surface area contributed by atoms with Crippen molar-refractivity contribution in [3.8, 4) is 0 Å². The Morgan fingerprint density at radius 3 is 2.60 bits per heavy atom. The molecule has 1 fully saturated rings. The lowest BCUT2D eigenvalue weighted by Gasteiger charge is -1.97. The molecule has 0 heterocycles. The fourth-order valence-corrected chi connectivity index (χ4v) is 1.02. The molecule has 1 rings (SSSR count). The summed E-state index contributed by atoms with van der Waals surface area (Å²) in [6, 6.07) is 0.815. The van der Waals surface area contributed by atoms with Gasteiger partial charge in [-0.2, -0.15) is 0 Å². The monoisotopic (exact) mass is 139 g/mol. The third-order valence-electron chi connectivity index (χ3n) is 2.00. The second-order valence-corrected chi connectivity index (χ2v) is 3.51. The van der Waals surface area contributed by atoms with Gasteiger partial charge in [-0.25, -0.2) is 0 Å². The summed E-state index contributed by atoms with van der Waals surface area (Å²) < 4.78 is 0. The predicted molar refractivity (Wildman–Crippen MR) is 45.0 cm³/mol. The zero-order chi connectivity index (χ0) is 7.56. The van der Waals surface area contributed by atoms with Crippen molar-refractivity contribution < 1.29 is 0 Å². The topological polar surface area (TPSA) is 12.0 Å². The molecule has 1 nitrogen and oxygen atoms in total. The van der Waals surface area contributed by atoms with Crippen LogP contribution in [0.3, 0.4) is 0 Å². The third-order valence-corrected chi connectivity index (χ3v) is 2.00. The molecular weight excluding hydrogens is 122 g/mol. The van der Waals surface area contributed by atoms with E-state index in [2.05, 4.69) is 32.2 Å². The molecule has 2 atom stereocenters. The molecule has 0 amide bonds. The largest absolute Gasteiger partial charge is 0.310 e. The van der Waals surface area contributed by atoms with Crippen LogP contribution in [0.4, 0.5) is 0 Å². The average Bonchev–Trinajstić information content (AvgIpc) is 2.46. The number of allylic oxidation sites excluding steroid dienone is 1. The summed E-state index contributed by atoms with van der Waals surface area (Å²) in [5.41, 5.74) is 1.40. The Labute approximate surface area is 63.5 Å². The molecular formula is C9H17N. The number of nitrogens with one attached hydrogen (secondary N) is 1. The van der Waals surface area contributed by atoms with E-state index in [0.29, 0.717) is 0 Å². The highest BCUT2D eigenvalue weighted by Gasteiger charge is 2.31. The summed E-state index contributed by atoms with van der Waals surface area (Å²) in [6.07, 6.45) is 3.61. The van der Waals surface area contributed by atoms with Crippen molar-refractivity contribution >= 4 is 0 Å². The molecule has 0 radical (unpaired) electrons. The molecule has 1 N–H and O–H groups in total. The Morgan fingerprint density at radius 2 is 2.20 bits per heavy atom. The van der Waals surface area contributed by atoms with E-state index in [-0.39, 0.29) is 0 Å². The van der Waals surface area contributed by atoms with Gasteiger partial charge in [0, 0.05) is 12.6 Å². The van der Waals surface area contributed by atoms with Crippen molar-refractivity contribution in [3.05, 3.63) is 11.6 Å². The first-order valence-corrected chi connectivity index (χ1v) is 4.07. The van der Waals surface area contributed by atoms with Crippen LogP contribution in [0.15, 0.2) is 11.6 Å². The first-order chi connectivity index (χ1) is 4.70. The van der Waals surface area contributed by atoms with Gasteiger partial charge in [0.15, 0.2) is 0 Å². The van der Waals surface area contributed by atoms with Gasteiger partial charge in [0.05, 0.1) is 0 Å². The highest BCUT2D eigenvalue weighted by Crippen LogP contribution is 2.28. The number of hydrogen-bond donors (Lipinski definition) is 1. The summed E-state index contributed by atoms with van der Waals surface area (Å²) in [5.74, 6) is 0.922. The normalized spacial score (nSPS) is 29.9. The van der Waals surface area contributed by atoms with Crippen LogP contribution in [0, 0.1) is 5.92 Å². The molecule has 2 unspecified atom stereocenters. The van der Waals surface area contributed by atoms with Gasteiger partial charge in [-0.3, -0.25) is 0 Å². The minimum atomic E-state index is 0.815. The molecule has 0 bridgehead atoms. The Hall–Kier alpha value is -0.300. The quantitative estimate of drug-likeness (QED) is 0.589. The van der Waals surface area contributed by atoms with Gasteiger partial charge in [0.1, 0.15) is 0 Å². The lowest BCUT2D eigenvalue weighted by atomic mass is 10.3. The van der Waals surface area contributed by atoms with Crippen LogP contribution >= 0.6 is 0 Å². The fourth-order valence-electron chi connectivity index (χ4n) is 1.02. The van der Waals surface area contributed by atoms with E-state index < -0.39 is 0 Å². The summed E-state index contributed by atoms with van der Waals surface area (Å²) in [7, 11) is 0. The highest BCUT2D eigenvalue weighted by atomic mass is 15.0. The summed E-state index contributed by atoms with van der Waals surface area (Å²) >= 11 is 0. The second kappa shape index (κ2) is 3.20. The van der Waals surface area contributed by atoms with Crippen molar-refractivity contribution in [1.82, 2.24) is 5.32 Å². The maximum absolute atomic E-state index is 3.46. The second-order valence-electron chi connectivity index (χ2n) is 3.51. The smallest absolute Gasteiger partial charge is 0.0140 e. The first-order valence-electron chi connectivity index (χ1n) is 4.07. The molecule has 1 saturated carbocycles. The zero-order valence-electron chi connectivity index (χ0n) is 7.15. The number of hydrogen-bond acceptors (Lipinski definition) is 1. The van der Waals surface area contributed by atoms with Gasteiger partial charge in [0.2, 0.25) is 0 Å². The molecule has 10 heavy (non-hydrogen) atoms. The summed E-state index contributed by atoms with van der Waals surface area (Å²) in [5, 5.41) is 3.46. The molecule has 1 aliphatic carbocycles. The summed E-state index contributed by atoms with van der Waals surface area (Å²) in [6.45, 7) is 7.62. The van der Waals surface area contributed by atoms with Crippen molar-refractivity contribution in [1.29, 1.82) is 0 Å². The Kier molecular flexibility index (Phi) is 2.50. The van der Waals surface area contributed by atoms with E-state index in [0.717, 1.165) is 18.5 Å². The van der Waals surface area contributed by atoms with Gasteiger partial charge < -0.3 is 5.32 Å². The summed E-state index contributed by atoms with van der Waals surface area (Å²) in [4.78, 5) is 0. The Bertz CT molecular complexity index is 134. The van der Waals surface area contributed by atoms with E-state index in [1.54, 1.807) is 0 Å². The van der Waals surface area contributed by atoms with E-state index in [1.807, 2.05) is 0 Å². The predicted octanol–water partition coefficient (Wildman–Crippen LogP) is 1.95. The molecule has 0 aromatic carbocycles. The van der Waals surface area contributed by atoms with Crippen LogP contribution < -0.4 is 5.32 Å². The minimum Gasteiger partial charge on any atom is -0.310 e. The molecule has 0 aliphatic heterocycles. The van der Waals surface area contributed by atoms with Crippen LogP contribution in [-0.4, -0.2) is 12.6 Å². The standard InChI is InChI=1S/C9H17N/c1-7(2)4-5-10-9-6-8(9)3/h4,8-10H,5-6H2,1-3H3. The van der Waals surface area contributed by atoms with E-state index in [1.165, 1.54) is 12.0 Å². The molecule has 1 aliphatic rings. The maximum Gasteiger partial charge on any atom is 0.0140 e. The van der Waals surface area contributed by atoms with Crippen molar-refractivity contribution in [2.24, 2.45) is 5.92 Å². The molecule has 0 aromatic rings. The number of rotatable bonds is 3. The maximum atomic E-state index is 3.46. The van der Waals surface area contributed by atoms with Crippen LogP contribution in [0.2, 0.25) is 0 Å². The molecule has 0 spiro atoms. The average molecular weight is 139 g/mol. The SMILES string of the molecule is CC(C)=CCNC1CC1C. The van der Waals surface area contributed by atoms with Crippen molar-refractivity contribution in [2.45, 2.75) is 33.2 Å². The van der Waals surface area contributed by atoms with Crippen LogP contribution in [0.25, 0.3) is 0 Å². The Balaban J connectivity index is 2.01. The van der Waals surface area contributed by atoms with Gasteiger partial charge in [-0.1, -0.05) is 18.6 Å². The van der Waals surface area contributed by atoms with E-state index in [4.69, 9.17) is 0 Å². The molecule has 1 heteroatoms. The molecule has 0 saturated heterocycles. The molecule has 58 valence electrons. The molecule has 0 aromatic heterocycles. The highest BCUT2D eigenvalue weighted by molar-refractivity contribution is 4.97. The lowest BCUT2D eigenvalue weighted by Crippen LogP contribution is -2.17. The minimum absolute atomic E-state index is 0.815. The fraction of sp³-hybridized carbons (Fsp3) is 0.778. The Morgan fingerprint density at radius 1 is 1.60 bits per heavy atom. The van der Waals surface area contributed by atoms with Gasteiger partial charge in [0.25, 0.3) is 0 Å². The zero-order valence-corrected chi connectivity index (χ0v) is 7.15. The van der Waals surface area contributed by atoms with Crippen LogP contribution in [0.1, 0.15) is 27.2 Å². The van der Waals surface area contributed by atoms with Gasteiger partial charge in [-0.15, -0.1) is 0 Å².